The fourth-order valence-electron chi connectivity index (χ4n) is 2.36. The highest BCUT2D eigenvalue weighted by Crippen LogP contribution is 2.32. The number of hydrogen-bond donors (Lipinski definition) is 1. The zero-order valence-corrected chi connectivity index (χ0v) is 14.8. The highest BCUT2D eigenvalue weighted by molar-refractivity contribution is 5.41. The lowest BCUT2D eigenvalue weighted by Crippen LogP contribution is -2.23. The molecule has 0 aliphatic rings. The molecule has 21 heavy (non-hydrogen) atoms. The van der Waals surface area contributed by atoms with Gasteiger partial charge in [0.15, 0.2) is 0 Å². The summed E-state index contributed by atoms with van der Waals surface area (Å²) >= 11 is 0. The van der Waals surface area contributed by atoms with Crippen molar-refractivity contribution < 1.29 is 4.74 Å². The summed E-state index contributed by atoms with van der Waals surface area (Å²) in [5, 5.41) is 0. The van der Waals surface area contributed by atoms with Crippen molar-refractivity contribution in [3.8, 4) is 5.75 Å². The molecule has 0 unspecified atom stereocenters. The van der Waals surface area contributed by atoms with Gasteiger partial charge in [-0.2, -0.15) is 0 Å². The van der Waals surface area contributed by atoms with Gasteiger partial charge in [0.2, 0.25) is 0 Å². The standard InChI is InChI=1S/C19H33NO/c1-15-9-10-16(18(2,3)4)17(13-15)21-12-8-7-11-19(5,6)14-20/h9-10,13H,7-8,11-12,14,20H2,1-6H3. The smallest absolute Gasteiger partial charge is 0.123 e. The van der Waals surface area contributed by atoms with Crippen LogP contribution in [-0.2, 0) is 5.41 Å². The van der Waals surface area contributed by atoms with Gasteiger partial charge in [-0.1, -0.05) is 46.8 Å². The quantitative estimate of drug-likeness (QED) is 0.730. The van der Waals surface area contributed by atoms with E-state index >= 15 is 0 Å². The van der Waals surface area contributed by atoms with Crippen molar-refractivity contribution in [1.82, 2.24) is 0 Å². The number of aryl methyl sites for hydroxylation is 1. The van der Waals surface area contributed by atoms with E-state index < -0.39 is 0 Å². The molecule has 120 valence electrons. The summed E-state index contributed by atoms with van der Waals surface area (Å²) in [7, 11) is 0. The van der Waals surface area contributed by atoms with Crippen LogP contribution < -0.4 is 10.5 Å². The third-order valence-electron chi connectivity index (χ3n) is 4.00. The van der Waals surface area contributed by atoms with Crippen LogP contribution >= 0.6 is 0 Å². The van der Waals surface area contributed by atoms with E-state index in [0.29, 0.717) is 0 Å². The second-order valence-corrected chi connectivity index (χ2v) is 7.92. The molecule has 1 rings (SSSR count). The Morgan fingerprint density at radius 2 is 1.71 bits per heavy atom. The van der Waals surface area contributed by atoms with Gasteiger partial charge in [-0.15, -0.1) is 0 Å². The minimum Gasteiger partial charge on any atom is -0.493 e. The Hall–Kier alpha value is -1.02. The lowest BCUT2D eigenvalue weighted by Gasteiger charge is -2.24. The van der Waals surface area contributed by atoms with Crippen molar-refractivity contribution in [2.24, 2.45) is 11.1 Å². The summed E-state index contributed by atoms with van der Waals surface area (Å²) in [6.07, 6.45) is 3.41. The van der Waals surface area contributed by atoms with E-state index in [0.717, 1.165) is 31.7 Å². The zero-order chi connectivity index (χ0) is 16.1. The van der Waals surface area contributed by atoms with Crippen LogP contribution in [0.25, 0.3) is 0 Å². The molecule has 0 aromatic heterocycles. The largest absolute Gasteiger partial charge is 0.493 e. The van der Waals surface area contributed by atoms with Gasteiger partial charge in [-0.05, 0) is 60.8 Å². The maximum Gasteiger partial charge on any atom is 0.123 e. The van der Waals surface area contributed by atoms with E-state index in [4.69, 9.17) is 10.5 Å². The number of benzene rings is 1. The van der Waals surface area contributed by atoms with Gasteiger partial charge in [-0.25, -0.2) is 0 Å². The summed E-state index contributed by atoms with van der Waals surface area (Å²) in [6.45, 7) is 14.8. The van der Waals surface area contributed by atoms with Crippen LogP contribution in [0.3, 0.4) is 0 Å². The topological polar surface area (TPSA) is 35.2 Å². The highest BCUT2D eigenvalue weighted by Gasteiger charge is 2.19. The summed E-state index contributed by atoms with van der Waals surface area (Å²) in [4.78, 5) is 0. The van der Waals surface area contributed by atoms with E-state index in [9.17, 15) is 0 Å². The number of hydrogen-bond acceptors (Lipinski definition) is 2. The van der Waals surface area contributed by atoms with E-state index in [1.54, 1.807) is 0 Å². The van der Waals surface area contributed by atoms with Crippen LogP contribution in [0.5, 0.6) is 5.75 Å². The molecule has 0 bridgehead atoms. The molecule has 0 radical (unpaired) electrons. The van der Waals surface area contributed by atoms with E-state index in [1.165, 1.54) is 17.5 Å². The summed E-state index contributed by atoms with van der Waals surface area (Å²) in [5.41, 5.74) is 8.67. The first kappa shape index (κ1) is 18.0. The maximum atomic E-state index is 6.06. The van der Waals surface area contributed by atoms with Crippen molar-refractivity contribution in [1.29, 1.82) is 0 Å². The molecule has 0 fully saturated rings. The maximum absolute atomic E-state index is 6.06. The van der Waals surface area contributed by atoms with Gasteiger partial charge < -0.3 is 10.5 Å². The van der Waals surface area contributed by atoms with Crippen LogP contribution in [0.4, 0.5) is 0 Å². The van der Waals surface area contributed by atoms with Crippen molar-refractivity contribution in [2.75, 3.05) is 13.2 Å². The van der Waals surface area contributed by atoms with Crippen molar-refractivity contribution in [3.05, 3.63) is 29.3 Å². The number of nitrogens with two attached hydrogens (primary N) is 1. The van der Waals surface area contributed by atoms with Gasteiger partial charge in [0.1, 0.15) is 5.75 Å². The minimum atomic E-state index is 0.116. The van der Waals surface area contributed by atoms with Gasteiger partial charge in [0.05, 0.1) is 6.61 Å². The second-order valence-electron chi connectivity index (χ2n) is 7.92. The Morgan fingerprint density at radius 3 is 2.29 bits per heavy atom. The molecule has 0 atom stereocenters. The van der Waals surface area contributed by atoms with Crippen molar-refractivity contribution in [3.63, 3.8) is 0 Å². The van der Waals surface area contributed by atoms with Gasteiger partial charge in [-0.3, -0.25) is 0 Å². The van der Waals surface area contributed by atoms with Crippen molar-refractivity contribution in [2.45, 2.75) is 66.2 Å². The highest BCUT2D eigenvalue weighted by atomic mass is 16.5. The zero-order valence-electron chi connectivity index (χ0n) is 14.8. The molecule has 1 aromatic carbocycles. The molecule has 2 N–H and O–H groups in total. The fourth-order valence-corrected chi connectivity index (χ4v) is 2.36. The first-order valence-electron chi connectivity index (χ1n) is 8.10. The first-order chi connectivity index (χ1) is 9.65. The molecular weight excluding hydrogens is 258 g/mol. The van der Waals surface area contributed by atoms with Gasteiger partial charge >= 0.3 is 0 Å². The van der Waals surface area contributed by atoms with Crippen LogP contribution in [0.1, 0.15) is 65.0 Å². The molecular formula is C19H33NO. The lowest BCUT2D eigenvalue weighted by atomic mass is 9.86. The monoisotopic (exact) mass is 291 g/mol. The van der Waals surface area contributed by atoms with Gasteiger partial charge in [0, 0.05) is 0 Å². The molecule has 0 heterocycles. The Kier molecular flexibility index (Phi) is 6.27. The van der Waals surface area contributed by atoms with Crippen molar-refractivity contribution >= 4 is 0 Å². The number of unbranched alkanes of at least 4 members (excludes halogenated alkanes) is 1. The van der Waals surface area contributed by atoms with Crippen LogP contribution in [-0.4, -0.2) is 13.2 Å². The Balaban J connectivity index is 2.54. The molecule has 0 saturated carbocycles. The Labute approximate surface area is 131 Å². The molecule has 0 aliphatic heterocycles. The van der Waals surface area contributed by atoms with Crippen LogP contribution in [0.15, 0.2) is 18.2 Å². The van der Waals surface area contributed by atoms with E-state index in [-0.39, 0.29) is 10.8 Å². The second kappa shape index (κ2) is 7.31. The van der Waals surface area contributed by atoms with Crippen LogP contribution in [0.2, 0.25) is 0 Å². The minimum absolute atomic E-state index is 0.116. The van der Waals surface area contributed by atoms with E-state index in [2.05, 4.69) is 59.7 Å². The van der Waals surface area contributed by atoms with Gasteiger partial charge in [0.25, 0.3) is 0 Å². The predicted octanol–water partition coefficient (Wildman–Crippen LogP) is 4.83. The third kappa shape index (κ3) is 6.09. The summed E-state index contributed by atoms with van der Waals surface area (Å²) < 4.78 is 6.06. The molecule has 0 spiro atoms. The molecule has 1 aromatic rings. The molecule has 2 heteroatoms. The molecule has 0 aliphatic carbocycles. The Bertz CT molecular complexity index is 443. The predicted molar refractivity (Wildman–Crippen MR) is 92.1 cm³/mol. The average Bonchev–Trinajstić information content (AvgIpc) is 2.37. The third-order valence-corrected chi connectivity index (χ3v) is 4.00. The first-order valence-corrected chi connectivity index (χ1v) is 8.10. The van der Waals surface area contributed by atoms with Crippen LogP contribution in [0, 0.1) is 12.3 Å². The SMILES string of the molecule is Cc1ccc(C(C)(C)C)c(OCCCCC(C)(C)CN)c1. The Morgan fingerprint density at radius 1 is 1.05 bits per heavy atom. The molecule has 2 nitrogen and oxygen atoms in total. The molecule has 0 saturated heterocycles. The lowest BCUT2D eigenvalue weighted by molar-refractivity contribution is 0.274. The fraction of sp³-hybridized carbons (Fsp3) is 0.684. The number of ether oxygens (including phenoxy) is 1. The number of rotatable bonds is 7. The summed E-state index contributed by atoms with van der Waals surface area (Å²) in [6, 6.07) is 6.52. The average molecular weight is 291 g/mol. The molecule has 0 amide bonds. The van der Waals surface area contributed by atoms with E-state index in [1.807, 2.05) is 0 Å². The normalized spacial score (nSPS) is 12.5. The summed E-state index contributed by atoms with van der Waals surface area (Å²) in [5.74, 6) is 1.04.